The van der Waals surface area contributed by atoms with Crippen molar-refractivity contribution < 1.29 is 8.83 Å². The molecule has 0 saturated carbocycles. The summed E-state index contributed by atoms with van der Waals surface area (Å²) in [6, 6.07) is 74.3. The van der Waals surface area contributed by atoms with Gasteiger partial charge in [0.1, 0.15) is 5.58 Å². The van der Waals surface area contributed by atoms with Crippen molar-refractivity contribution >= 4 is 150 Å². The smallest absolute Gasteiger partial charge is 0.160 e. The van der Waals surface area contributed by atoms with Crippen LogP contribution in [0.1, 0.15) is 0 Å². The van der Waals surface area contributed by atoms with E-state index in [0.717, 1.165) is 81.4 Å². The molecule has 14 rings (SSSR count). The standard InChI is InChI=1S/C30H19ClN2O.C24H14INO.C6H6ClN/c31-24-13-5-6-14-25(24)32-26-15-8-12-22-23-18-17-21-20-11-4-7-16-27(20)33(19-9-2-1-3-10-19)28(21)30(23)34-29(22)26;25-20-11-6-10-18-19-14-13-17-16-9-4-5-12-21(16)26(15-7-2-1-3-8-15)22(17)24(19)27-23(18)20;7-5-3-1-2-4-6(5)8/h1-18,32H;1-14H;1-4H,8H2. The molecule has 3 N–H and O–H groups in total. The molecule has 0 aliphatic carbocycles. The van der Waals surface area contributed by atoms with Crippen LogP contribution in [-0.2, 0) is 0 Å². The lowest BCUT2D eigenvalue weighted by Gasteiger charge is -2.08. The van der Waals surface area contributed by atoms with Crippen LogP contribution in [0.3, 0.4) is 0 Å². The summed E-state index contributed by atoms with van der Waals surface area (Å²) in [5.41, 5.74) is 18.2. The SMILES string of the molecule is Clc1ccccc1Nc1cccc2c1oc1c2ccc2c3ccccc3n(-c3ccccc3)c21.Ic1cccc2c1oc1c2ccc2c3ccccc3n(-c3ccccc3)c21.Nc1ccccc1Cl. The van der Waals surface area contributed by atoms with E-state index in [1.54, 1.807) is 12.1 Å². The Balaban J connectivity index is 0.000000125. The summed E-state index contributed by atoms with van der Waals surface area (Å²) >= 11 is 14.4. The fraction of sp³-hybridized carbons (Fsp3) is 0. The van der Waals surface area contributed by atoms with E-state index in [4.69, 9.17) is 37.8 Å². The number of para-hydroxylation sites is 8. The molecule has 0 spiro atoms. The quantitative estimate of drug-likeness (QED) is 0.136. The summed E-state index contributed by atoms with van der Waals surface area (Å²) in [5, 5.41) is 14.1. The van der Waals surface area contributed by atoms with Gasteiger partial charge in [0.25, 0.3) is 0 Å². The van der Waals surface area contributed by atoms with Crippen LogP contribution in [0.15, 0.2) is 227 Å². The molecule has 4 aromatic heterocycles. The largest absolute Gasteiger partial charge is 0.453 e. The fourth-order valence-electron chi connectivity index (χ4n) is 9.55. The van der Waals surface area contributed by atoms with Crippen LogP contribution in [0.5, 0.6) is 0 Å². The molecular weight excluding hydrogens is 1010 g/mol. The minimum atomic E-state index is 0.618. The Kier molecular flexibility index (Phi) is 11.0. The molecule has 0 radical (unpaired) electrons. The lowest BCUT2D eigenvalue weighted by atomic mass is 10.1. The van der Waals surface area contributed by atoms with Crippen LogP contribution in [0, 0.1) is 3.57 Å². The van der Waals surface area contributed by atoms with E-state index < -0.39 is 0 Å². The van der Waals surface area contributed by atoms with Gasteiger partial charge in [0.15, 0.2) is 16.7 Å². The second-order valence-electron chi connectivity index (χ2n) is 16.7. The molecule has 0 bridgehead atoms. The Hall–Kier alpha value is -7.69. The summed E-state index contributed by atoms with van der Waals surface area (Å²) in [7, 11) is 0. The van der Waals surface area contributed by atoms with Crippen LogP contribution < -0.4 is 11.1 Å². The Bertz CT molecular complexity index is 4210. The van der Waals surface area contributed by atoms with E-state index in [9.17, 15) is 0 Å². The molecule has 0 aliphatic heterocycles. The van der Waals surface area contributed by atoms with Gasteiger partial charge in [-0.05, 0) is 108 Å². The van der Waals surface area contributed by atoms with Gasteiger partial charge >= 0.3 is 0 Å². The topological polar surface area (TPSA) is 74.2 Å². The number of rotatable bonds is 4. The van der Waals surface area contributed by atoms with Gasteiger partial charge in [0.05, 0.1) is 52.7 Å². The first kappa shape index (κ1) is 42.6. The Morgan fingerprint density at radius 3 is 1.33 bits per heavy atom. The van der Waals surface area contributed by atoms with Crippen molar-refractivity contribution in [1.82, 2.24) is 9.13 Å². The Morgan fingerprint density at radius 2 is 0.783 bits per heavy atom. The number of hydrogen-bond donors (Lipinski definition) is 2. The van der Waals surface area contributed by atoms with Crippen molar-refractivity contribution in [3.63, 3.8) is 0 Å². The Labute approximate surface area is 419 Å². The third-order valence-corrected chi connectivity index (χ3v) is 14.2. The lowest BCUT2D eigenvalue weighted by Crippen LogP contribution is -1.93. The number of fused-ring (bicyclic) bond motifs is 14. The number of anilines is 3. The number of aromatic nitrogens is 2. The van der Waals surface area contributed by atoms with Crippen LogP contribution >= 0.6 is 45.8 Å². The number of nitrogens with one attached hydrogen (secondary N) is 1. The predicted octanol–water partition coefficient (Wildman–Crippen LogP) is 18.3. The van der Waals surface area contributed by atoms with Crippen molar-refractivity contribution in [3.05, 3.63) is 232 Å². The first-order valence-corrected chi connectivity index (χ1v) is 24.3. The van der Waals surface area contributed by atoms with Gasteiger partial charge in [0, 0.05) is 54.5 Å². The first-order valence-electron chi connectivity index (χ1n) is 22.5. The third kappa shape index (κ3) is 7.41. The average Bonchev–Trinajstić information content (AvgIpc) is 4.15. The highest BCUT2D eigenvalue weighted by Crippen LogP contribution is 2.44. The van der Waals surface area contributed by atoms with Gasteiger partial charge in [-0.25, -0.2) is 0 Å². The molecule has 9 heteroatoms. The van der Waals surface area contributed by atoms with E-state index in [1.807, 2.05) is 54.6 Å². The summed E-state index contributed by atoms with van der Waals surface area (Å²) in [5.74, 6) is 0. The zero-order chi connectivity index (χ0) is 46.6. The number of benzene rings is 10. The first-order chi connectivity index (χ1) is 33.9. The van der Waals surface area contributed by atoms with Crippen LogP contribution in [0.2, 0.25) is 10.0 Å². The van der Waals surface area contributed by atoms with E-state index in [0.29, 0.717) is 15.7 Å². The molecule has 14 aromatic rings. The maximum Gasteiger partial charge on any atom is 0.160 e. The summed E-state index contributed by atoms with van der Waals surface area (Å²) in [6.07, 6.45) is 0. The highest BCUT2D eigenvalue weighted by Gasteiger charge is 2.21. The molecule has 0 unspecified atom stereocenters. The van der Waals surface area contributed by atoms with Gasteiger partial charge < -0.3 is 29.0 Å². The van der Waals surface area contributed by atoms with Crippen molar-refractivity contribution in [2.75, 3.05) is 11.1 Å². The lowest BCUT2D eigenvalue weighted by molar-refractivity contribution is 0.668. The van der Waals surface area contributed by atoms with E-state index in [1.165, 1.54) is 32.4 Å². The summed E-state index contributed by atoms with van der Waals surface area (Å²) < 4.78 is 18.9. The molecule has 69 heavy (non-hydrogen) atoms. The number of nitrogens with two attached hydrogens (primary N) is 1. The minimum absolute atomic E-state index is 0.618. The third-order valence-electron chi connectivity index (χ3n) is 12.6. The molecule has 0 fully saturated rings. The summed E-state index contributed by atoms with van der Waals surface area (Å²) in [6.45, 7) is 0. The number of nitrogen functional groups attached to an aromatic ring is 1. The monoisotopic (exact) mass is 1040 g/mol. The highest BCUT2D eigenvalue weighted by molar-refractivity contribution is 14.1. The van der Waals surface area contributed by atoms with Crippen LogP contribution in [0.25, 0.3) is 98.9 Å². The van der Waals surface area contributed by atoms with Gasteiger partial charge in [-0.3, -0.25) is 0 Å². The molecule has 332 valence electrons. The molecule has 0 aliphatic rings. The second-order valence-corrected chi connectivity index (χ2v) is 18.7. The zero-order valence-corrected chi connectivity index (χ0v) is 40.4. The number of furan rings is 2. The minimum Gasteiger partial charge on any atom is -0.453 e. The molecule has 0 atom stereocenters. The maximum atomic E-state index is 6.67. The van der Waals surface area contributed by atoms with E-state index in [2.05, 4.69) is 189 Å². The van der Waals surface area contributed by atoms with Gasteiger partial charge in [-0.1, -0.05) is 157 Å². The molecule has 4 heterocycles. The highest BCUT2D eigenvalue weighted by atomic mass is 127. The fourth-order valence-corrected chi connectivity index (χ4v) is 10.5. The van der Waals surface area contributed by atoms with Crippen molar-refractivity contribution in [3.8, 4) is 11.4 Å². The second kappa shape index (κ2) is 17.8. The zero-order valence-electron chi connectivity index (χ0n) is 36.7. The van der Waals surface area contributed by atoms with Gasteiger partial charge in [0.2, 0.25) is 0 Å². The van der Waals surface area contributed by atoms with E-state index in [-0.39, 0.29) is 0 Å². The van der Waals surface area contributed by atoms with Crippen LogP contribution in [-0.4, -0.2) is 9.13 Å². The number of halogens is 3. The van der Waals surface area contributed by atoms with Crippen molar-refractivity contribution in [2.24, 2.45) is 0 Å². The van der Waals surface area contributed by atoms with Gasteiger partial charge in [-0.2, -0.15) is 0 Å². The van der Waals surface area contributed by atoms with Crippen molar-refractivity contribution in [1.29, 1.82) is 0 Å². The molecule has 10 aromatic carbocycles. The summed E-state index contributed by atoms with van der Waals surface area (Å²) in [4.78, 5) is 0. The van der Waals surface area contributed by atoms with Gasteiger partial charge in [-0.15, -0.1) is 0 Å². The molecular formula is C60H39Cl2IN4O2. The molecule has 0 amide bonds. The van der Waals surface area contributed by atoms with Crippen molar-refractivity contribution in [2.45, 2.75) is 0 Å². The van der Waals surface area contributed by atoms with E-state index >= 15 is 0 Å². The molecule has 0 saturated heterocycles. The molecule has 6 nitrogen and oxygen atoms in total. The predicted molar refractivity (Wildman–Crippen MR) is 299 cm³/mol. The maximum absolute atomic E-state index is 6.67. The Morgan fingerprint density at radius 1 is 0.362 bits per heavy atom. The number of nitrogens with zero attached hydrogens (tertiary/aromatic N) is 2. The number of hydrogen-bond acceptors (Lipinski definition) is 4. The van der Waals surface area contributed by atoms with Crippen LogP contribution in [0.4, 0.5) is 17.1 Å². The normalized spacial score (nSPS) is 11.5. The average molecular weight is 1050 g/mol.